The molecule has 0 spiro atoms. The first-order valence-electron chi connectivity index (χ1n) is 5.64. The van der Waals surface area contributed by atoms with Crippen LogP contribution in [0.3, 0.4) is 0 Å². The molecule has 1 aromatic carbocycles. The predicted octanol–water partition coefficient (Wildman–Crippen LogP) is 2.21. The smallest absolute Gasteiger partial charge is 0.304 e. The molecule has 0 aromatic heterocycles. The van der Waals surface area contributed by atoms with Gasteiger partial charge in [-0.1, -0.05) is 12.1 Å². The van der Waals surface area contributed by atoms with E-state index in [1.807, 2.05) is 38.1 Å². The first-order valence-corrected chi connectivity index (χ1v) is 5.64. The Balaban J connectivity index is 2.56. The third-order valence-corrected chi connectivity index (χ3v) is 2.63. The van der Waals surface area contributed by atoms with Crippen molar-refractivity contribution in [2.45, 2.75) is 32.4 Å². The molecule has 2 N–H and O–H groups in total. The molecule has 0 aliphatic carbocycles. The van der Waals surface area contributed by atoms with Crippen molar-refractivity contribution in [3.63, 3.8) is 0 Å². The van der Waals surface area contributed by atoms with Gasteiger partial charge in [-0.2, -0.15) is 0 Å². The fraction of sp³-hybridized carbons (Fsp3) is 0.462. The number of aliphatic carboxylic acids is 1. The van der Waals surface area contributed by atoms with E-state index in [0.29, 0.717) is 0 Å². The summed E-state index contributed by atoms with van der Waals surface area (Å²) in [6, 6.07) is 7.82. The Labute approximate surface area is 102 Å². The van der Waals surface area contributed by atoms with Crippen LogP contribution in [0.1, 0.15) is 31.9 Å². The van der Waals surface area contributed by atoms with Gasteiger partial charge in [-0.3, -0.25) is 4.79 Å². The third-order valence-electron chi connectivity index (χ3n) is 2.63. The van der Waals surface area contributed by atoms with Gasteiger partial charge in [0.05, 0.1) is 13.5 Å². The molecule has 0 heterocycles. The minimum atomic E-state index is -0.785. The van der Waals surface area contributed by atoms with Crippen LogP contribution in [0, 0.1) is 0 Å². The molecule has 0 fully saturated rings. The molecule has 1 aromatic rings. The first-order chi connectivity index (χ1) is 8.02. The molecule has 0 aliphatic heterocycles. The van der Waals surface area contributed by atoms with E-state index in [0.717, 1.165) is 11.3 Å². The summed E-state index contributed by atoms with van der Waals surface area (Å²) in [4.78, 5) is 10.6. The van der Waals surface area contributed by atoms with Gasteiger partial charge in [0, 0.05) is 12.1 Å². The number of hydrogen-bond acceptors (Lipinski definition) is 3. The van der Waals surface area contributed by atoms with Gasteiger partial charge < -0.3 is 15.2 Å². The van der Waals surface area contributed by atoms with Crippen LogP contribution in [0.2, 0.25) is 0 Å². The molecule has 1 rings (SSSR count). The Morgan fingerprint density at radius 2 is 1.94 bits per heavy atom. The van der Waals surface area contributed by atoms with Crippen LogP contribution < -0.4 is 10.1 Å². The lowest BCUT2D eigenvalue weighted by Gasteiger charge is -2.19. The molecule has 4 heteroatoms. The molecule has 4 nitrogen and oxygen atoms in total. The van der Waals surface area contributed by atoms with Crippen LogP contribution in [-0.4, -0.2) is 24.2 Å². The van der Waals surface area contributed by atoms with Crippen LogP contribution in [-0.2, 0) is 4.79 Å². The van der Waals surface area contributed by atoms with E-state index in [9.17, 15) is 4.79 Å². The zero-order chi connectivity index (χ0) is 12.8. The fourth-order valence-corrected chi connectivity index (χ4v) is 1.74. The van der Waals surface area contributed by atoms with Crippen LogP contribution in [0.25, 0.3) is 0 Å². The number of carbonyl (C=O) groups is 1. The van der Waals surface area contributed by atoms with Gasteiger partial charge in [0.25, 0.3) is 0 Å². The van der Waals surface area contributed by atoms with Crippen molar-refractivity contribution in [1.82, 2.24) is 5.32 Å². The van der Waals surface area contributed by atoms with E-state index in [1.54, 1.807) is 7.11 Å². The number of ether oxygens (including phenoxy) is 1. The molecule has 0 aliphatic rings. The summed E-state index contributed by atoms with van der Waals surface area (Å²) in [5.74, 6) is 0.0338. The molecule has 2 unspecified atom stereocenters. The number of benzene rings is 1. The summed E-state index contributed by atoms with van der Waals surface area (Å²) in [5, 5.41) is 11.9. The number of carboxylic acids is 1. The van der Waals surface area contributed by atoms with Crippen LogP contribution in [0.4, 0.5) is 0 Å². The zero-order valence-electron chi connectivity index (χ0n) is 10.4. The zero-order valence-corrected chi connectivity index (χ0v) is 10.4. The quantitative estimate of drug-likeness (QED) is 0.796. The van der Waals surface area contributed by atoms with E-state index < -0.39 is 5.97 Å². The lowest BCUT2D eigenvalue weighted by Crippen LogP contribution is -2.30. The number of carboxylic acid groups (broad SMARTS) is 1. The highest BCUT2D eigenvalue weighted by Gasteiger charge is 2.12. The molecule has 0 saturated carbocycles. The summed E-state index contributed by atoms with van der Waals surface area (Å²) in [6.45, 7) is 3.88. The molecular formula is C13H19NO3. The highest BCUT2D eigenvalue weighted by molar-refractivity contribution is 5.67. The third kappa shape index (κ3) is 4.44. The second-order valence-electron chi connectivity index (χ2n) is 4.16. The summed E-state index contributed by atoms with van der Waals surface area (Å²) < 4.78 is 5.08. The SMILES string of the molecule is COc1ccc(C(C)NC(C)CC(=O)O)cc1. The molecule has 17 heavy (non-hydrogen) atoms. The van der Waals surface area contributed by atoms with Crippen molar-refractivity contribution in [1.29, 1.82) is 0 Å². The fourth-order valence-electron chi connectivity index (χ4n) is 1.74. The van der Waals surface area contributed by atoms with Gasteiger partial charge in [-0.15, -0.1) is 0 Å². The largest absolute Gasteiger partial charge is 0.497 e. The first kappa shape index (κ1) is 13.5. The standard InChI is InChI=1S/C13H19NO3/c1-9(8-13(15)16)14-10(2)11-4-6-12(17-3)7-5-11/h4-7,9-10,14H,8H2,1-3H3,(H,15,16). The molecule has 0 amide bonds. The predicted molar refractivity (Wildman–Crippen MR) is 66.3 cm³/mol. The van der Waals surface area contributed by atoms with Gasteiger partial charge >= 0.3 is 5.97 Å². The molecule has 94 valence electrons. The maximum atomic E-state index is 10.6. The average Bonchev–Trinajstić information content (AvgIpc) is 2.28. The van der Waals surface area contributed by atoms with E-state index in [1.165, 1.54) is 0 Å². The van der Waals surface area contributed by atoms with E-state index in [4.69, 9.17) is 9.84 Å². The molecular weight excluding hydrogens is 218 g/mol. The minimum absolute atomic E-state index is 0.0513. The molecule has 0 saturated heterocycles. The molecule has 2 atom stereocenters. The van der Waals surface area contributed by atoms with Crippen molar-refractivity contribution in [3.05, 3.63) is 29.8 Å². The number of methoxy groups -OCH3 is 1. The summed E-state index contributed by atoms with van der Waals surface area (Å²) in [7, 11) is 1.63. The minimum Gasteiger partial charge on any atom is -0.497 e. The summed E-state index contributed by atoms with van der Waals surface area (Å²) in [6.07, 6.45) is 0.125. The topological polar surface area (TPSA) is 58.6 Å². The Morgan fingerprint density at radius 3 is 2.41 bits per heavy atom. The van der Waals surface area contributed by atoms with Gasteiger partial charge in [-0.25, -0.2) is 0 Å². The summed E-state index contributed by atoms with van der Waals surface area (Å²) in [5.41, 5.74) is 1.11. The Bertz CT molecular complexity index is 361. The lowest BCUT2D eigenvalue weighted by atomic mass is 10.1. The van der Waals surface area contributed by atoms with Gasteiger partial charge in [0.2, 0.25) is 0 Å². The second-order valence-corrected chi connectivity index (χ2v) is 4.16. The van der Waals surface area contributed by atoms with Crippen molar-refractivity contribution >= 4 is 5.97 Å². The van der Waals surface area contributed by atoms with Gasteiger partial charge in [-0.05, 0) is 31.5 Å². The Hall–Kier alpha value is -1.55. The molecule has 0 bridgehead atoms. The van der Waals surface area contributed by atoms with Crippen molar-refractivity contribution in [3.8, 4) is 5.75 Å². The Morgan fingerprint density at radius 1 is 1.35 bits per heavy atom. The second kappa shape index (κ2) is 6.25. The van der Waals surface area contributed by atoms with Crippen molar-refractivity contribution in [2.24, 2.45) is 0 Å². The highest BCUT2D eigenvalue weighted by Crippen LogP contribution is 2.17. The highest BCUT2D eigenvalue weighted by atomic mass is 16.5. The normalized spacial score (nSPS) is 14.1. The lowest BCUT2D eigenvalue weighted by molar-refractivity contribution is -0.137. The van der Waals surface area contributed by atoms with E-state index >= 15 is 0 Å². The maximum Gasteiger partial charge on any atom is 0.304 e. The van der Waals surface area contributed by atoms with Crippen LogP contribution >= 0.6 is 0 Å². The number of rotatable bonds is 6. The van der Waals surface area contributed by atoms with Crippen molar-refractivity contribution in [2.75, 3.05) is 7.11 Å². The molecule has 0 radical (unpaired) electrons. The van der Waals surface area contributed by atoms with Gasteiger partial charge in [0.15, 0.2) is 0 Å². The monoisotopic (exact) mass is 237 g/mol. The van der Waals surface area contributed by atoms with Crippen LogP contribution in [0.5, 0.6) is 5.75 Å². The van der Waals surface area contributed by atoms with E-state index in [-0.39, 0.29) is 18.5 Å². The average molecular weight is 237 g/mol. The number of hydrogen-bond donors (Lipinski definition) is 2. The van der Waals surface area contributed by atoms with Crippen molar-refractivity contribution < 1.29 is 14.6 Å². The number of nitrogens with one attached hydrogen (secondary N) is 1. The van der Waals surface area contributed by atoms with Gasteiger partial charge in [0.1, 0.15) is 5.75 Å². The Kier molecular flexibility index (Phi) is 4.97. The summed E-state index contributed by atoms with van der Waals surface area (Å²) >= 11 is 0. The van der Waals surface area contributed by atoms with E-state index in [2.05, 4.69) is 5.32 Å². The van der Waals surface area contributed by atoms with Crippen LogP contribution in [0.15, 0.2) is 24.3 Å². The maximum absolute atomic E-state index is 10.6.